The standard InChI is InChI=1S/C18H25N3O2/c1-13-3-4-15-10-17(20-16(15)9-13)18(22)19-11-14-5-6-21(12-14)7-8-23-2/h3-4,9-10,14,20H,5-8,11-12H2,1-2H3,(H,19,22)/t14-/m1/s1. The number of nitrogens with one attached hydrogen (secondary N) is 2. The maximum Gasteiger partial charge on any atom is 0.267 e. The van der Waals surface area contributed by atoms with Gasteiger partial charge in [-0.05, 0) is 43.5 Å². The number of methoxy groups -OCH3 is 1. The second-order valence-corrected chi connectivity index (χ2v) is 6.43. The number of nitrogens with zero attached hydrogens (tertiary/aromatic N) is 1. The van der Waals surface area contributed by atoms with Crippen molar-refractivity contribution in [1.29, 1.82) is 0 Å². The largest absolute Gasteiger partial charge is 0.383 e. The van der Waals surface area contributed by atoms with E-state index in [1.54, 1.807) is 7.11 Å². The number of aryl methyl sites for hydroxylation is 1. The lowest BCUT2D eigenvalue weighted by Gasteiger charge is -2.15. The molecule has 1 atom stereocenters. The van der Waals surface area contributed by atoms with E-state index < -0.39 is 0 Å². The molecule has 2 heterocycles. The third-order valence-electron chi connectivity index (χ3n) is 4.56. The van der Waals surface area contributed by atoms with Gasteiger partial charge in [0.2, 0.25) is 0 Å². The second-order valence-electron chi connectivity index (χ2n) is 6.43. The summed E-state index contributed by atoms with van der Waals surface area (Å²) in [5.41, 5.74) is 2.84. The van der Waals surface area contributed by atoms with Crippen LogP contribution in [0.25, 0.3) is 10.9 Å². The molecule has 3 rings (SSSR count). The molecule has 0 aliphatic carbocycles. The van der Waals surface area contributed by atoms with Crippen LogP contribution in [0.1, 0.15) is 22.5 Å². The first-order valence-electron chi connectivity index (χ1n) is 8.24. The highest BCUT2D eigenvalue weighted by molar-refractivity contribution is 5.98. The minimum absolute atomic E-state index is 0.0193. The fourth-order valence-electron chi connectivity index (χ4n) is 3.20. The molecule has 1 saturated heterocycles. The van der Waals surface area contributed by atoms with Crippen LogP contribution in [-0.2, 0) is 4.74 Å². The van der Waals surface area contributed by atoms with Crippen LogP contribution in [0.15, 0.2) is 24.3 Å². The summed E-state index contributed by atoms with van der Waals surface area (Å²) in [6.45, 7) is 6.66. The number of fused-ring (bicyclic) bond motifs is 1. The Hall–Kier alpha value is -1.85. The molecule has 5 nitrogen and oxygen atoms in total. The number of ether oxygens (including phenoxy) is 1. The summed E-state index contributed by atoms with van der Waals surface area (Å²) in [6, 6.07) is 8.09. The molecular weight excluding hydrogens is 290 g/mol. The average Bonchev–Trinajstić information content (AvgIpc) is 3.16. The molecule has 0 bridgehead atoms. The fraction of sp³-hybridized carbons (Fsp3) is 0.500. The van der Waals surface area contributed by atoms with E-state index in [0.717, 1.165) is 50.1 Å². The van der Waals surface area contributed by atoms with Crippen molar-refractivity contribution < 1.29 is 9.53 Å². The number of likely N-dealkylation sites (tertiary alicyclic amines) is 1. The summed E-state index contributed by atoms with van der Waals surface area (Å²) in [5, 5.41) is 4.14. The smallest absolute Gasteiger partial charge is 0.267 e. The zero-order valence-electron chi connectivity index (χ0n) is 13.9. The molecule has 1 aliphatic rings. The molecule has 1 aromatic carbocycles. The molecule has 1 aromatic heterocycles. The molecular formula is C18H25N3O2. The third kappa shape index (κ3) is 3.92. The molecule has 0 unspecified atom stereocenters. The first-order chi connectivity index (χ1) is 11.2. The van der Waals surface area contributed by atoms with Crippen LogP contribution in [0.3, 0.4) is 0 Å². The summed E-state index contributed by atoms with van der Waals surface area (Å²) in [6.07, 6.45) is 1.13. The van der Waals surface area contributed by atoms with Crippen LogP contribution in [0.5, 0.6) is 0 Å². The first kappa shape index (κ1) is 16.0. The van der Waals surface area contributed by atoms with Gasteiger partial charge in [0.1, 0.15) is 5.69 Å². The monoisotopic (exact) mass is 315 g/mol. The number of carbonyl (C=O) groups excluding carboxylic acids is 1. The van der Waals surface area contributed by atoms with Gasteiger partial charge >= 0.3 is 0 Å². The van der Waals surface area contributed by atoms with Gasteiger partial charge in [0.05, 0.1) is 6.61 Å². The van der Waals surface area contributed by atoms with Gasteiger partial charge in [-0.1, -0.05) is 12.1 Å². The van der Waals surface area contributed by atoms with Crippen molar-refractivity contribution in [1.82, 2.24) is 15.2 Å². The van der Waals surface area contributed by atoms with Crippen LogP contribution >= 0.6 is 0 Å². The molecule has 0 spiro atoms. The van der Waals surface area contributed by atoms with Crippen LogP contribution in [0.2, 0.25) is 0 Å². The minimum Gasteiger partial charge on any atom is -0.383 e. The summed E-state index contributed by atoms with van der Waals surface area (Å²) in [7, 11) is 1.73. The highest BCUT2D eigenvalue weighted by Gasteiger charge is 2.22. The van der Waals surface area contributed by atoms with E-state index in [1.165, 1.54) is 5.56 Å². The lowest BCUT2D eigenvalue weighted by Crippen LogP contribution is -2.31. The van der Waals surface area contributed by atoms with Crippen LogP contribution < -0.4 is 5.32 Å². The molecule has 2 aromatic rings. The maximum absolute atomic E-state index is 12.3. The Balaban J connectivity index is 1.53. The Labute approximate surface area is 137 Å². The van der Waals surface area contributed by atoms with E-state index in [4.69, 9.17) is 4.74 Å². The van der Waals surface area contributed by atoms with Crippen molar-refractivity contribution in [3.05, 3.63) is 35.5 Å². The first-order valence-corrected chi connectivity index (χ1v) is 8.24. The van der Waals surface area contributed by atoms with E-state index in [2.05, 4.69) is 34.3 Å². The highest BCUT2D eigenvalue weighted by atomic mass is 16.5. The van der Waals surface area contributed by atoms with Crippen LogP contribution in [-0.4, -0.2) is 55.7 Å². The van der Waals surface area contributed by atoms with Crippen molar-refractivity contribution in [2.75, 3.05) is 39.9 Å². The van der Waals surface area contributed by atoms with Gasteiger partial charge < -0.3 is 19.9 Å². The highest BCUT2D eigenvalue weighted by Crippen LogP contribution is 2.18. The van der Waals surface area contributed by atoms with E-state index in [9.17, 15) is 4.79 Å². The van der Waals surface area contributed by atoms with E-state index in [0.29, 0.717) is 11.6 Å². The van der Waals surface area contributed by atoms with Gasteiger partial charge in [-0.2, -0.15) is 0 Å². The molecule has 124 valence electrons. The van der Waals surface area contributed by atoms with Crippen molar-refractivity contribution in [3.8, 4) is 0 Å². The predicted molar refractivity (Wildman–Crippen MR) is 91.8 cm³/mol. The van der Waals surface area contributed by atoms with Gasteiger partial charge in [0, 0.05) is 37.6 Å². The van der Waals surface area contributed by atoms with Crippen molar-refractivity contribution >= 4 is 16.8 Å². The number of aromatic amines is 1. The summed E-state index contributed by atoms with van der Waals surface area (Å²) < 4.78 is 5.12. The Morgan fingerprint density at radius 3 is 3.13 bits per heavy atom. The van der Waals surface area contributed by atoms with Crippen LogP contribution in [0, 0.1) is 12.8 Å². The zero-order chi connectivity index (χ0) is 16.2. The average molecular weight is 315 g/mol. The minimum atomic E-state index is -0.0193. The molecule has 2 N–H and O–H groups in total. The van der Waals surface area contributed by atoms with E-state index >= 15 is 0 Å². The zero-order valence-corrected chi connectivity index (χ0v) is 13.9. The van der Waals surface area contributed by atoms with E-state index in [-0.39, 0.29) is 5.91 Å². The Kier molecular flexibility index (Phi) is 4.98. The number of carbonyl (C=O) groups is 1. The molecule has 23 heavy (non-hydrogen) atoms. The van der Waals surface area contributed by atoms with Gasteiger partial charge in [-0.15, -0.1) is 0 Å². The third-order valence-corrected chi connectivity index (χ3v) is 4.56. The number of hydrogen-bond donors (Lipinski definition) is 2. The number of H-pyrrole nitrogens is 1. The van der Waals surface area contributed by atoms with Crippen molar-refractivity contribution in [3.63, 3.8) is 0 Å². The molecule has 1 amide bonds. The van der Waals surface area contributed by atoms with Crippen molar-refractivity contribution in [2.24, 2.45) is 5.92 Å². The van der Waals surface area contributed by atoms with Gasteiger partial charge in [0.15, 0.2) is 0 Å². The Bertz CT molecular complexity index is 680. The second kappa shape index (κ2) is 7.15. The topological polar surface area (TPSA) is 57.4 Å². The number of rotatable bonds is 6. The lowest BCUT2D eigenvalue weighted by molar-refractivity contribution is 0.0942. The molecule has 0 saturated carbocycles. The van der Waals surface area contributed by atoms with Gasteiger partial charge in [0.25, 0.3) is 5.91 Å². The molecule has 1 fully saturated rings. The number of benzene rings is 1. The quantitative estimate of drug-likeness (QED) is 0.859. The Morgan fingerprint density at radius 2 is 2.30 bits per heavy atom. The summed E-state index contributed by atoms with van der Waals surface area (Å²) in [5.74, 6) is 0.511. The van der Waals surface area contributed by atoms with Crippen molar-refractivity contribution in [2.45, 2.75) is 13.3 Å². The summed E-state index contributed by atoms with van der Waals surface area (Å²) >= 11 is 0. The molecule has 1 aliphatic heterocycles. The normalized spacial score (nSPS) is 18.6. The fourth-order valence-corrected chi connectivity index (χ4v) is 3.20. The van der Waals surface area contributed by atoms with Gasteiger partial charge in [-0.3, -0.25) is 4.79 Å². The number of aromatic nitrogens is 1. The number of amides is 1. The maximum atomic E-state index is 12.3. The molecule has 5 heteroatoms. The molecule has 0 radical (unpaired) electrons. The Morgan fingerprint density at radius 1 is 1.43 bits per heavy atom. The van der Waals surface area contributed by atoms with Crippen LogP contribution in [0.4, 0.5) is 0 Å². The van der Waals surface area contributed by atoms with E-state index in [1.807, 2.05) is 12.1 Å². The summed E-state index contributed by atoms with van der Waals surface area (Å²) in [4.78, 5) is 17.9. The SMILES string of the molecule is COCCN1CC[C@H](CNC(=O)c2cc3ccc(C)cc3[nH]2)C1. The lowest BCUT2D eigenvalue weighted by atomic mass is 10.1. The number of hydrogen-bond acceptors (Lipinski definition) is 3. The van der Waals surface area contributed by atoms with Gasteiger partial charge in [-0.25, -0.2) is 0 Å². The predicted octanol–water partition coefficient (Wildman–Crippen LogP) is 2.17.